The molecule has 0 aliphatic carbocycles. The molecule has 0 unspecified atom stereocenters. The molecule has 0 aliphatic rings. The Bertz CT molecular complexity index is 1780. The molecular formula is C42H38F4N2O2Ti. The number of nitrogens with one attached hydrogen (secondary N) is 2. The summed E-state index contributed by atoms with van der Waals surface area (Å²) in [4.78, 5) is 24.4. The zero-order valence-electron chi connectivity index (χ0n) is 29.2. The molecule has 6 aromatic carbocycles. The van der Waals surface area contributed by atoms with Gasteiger partial charge in [0.1, 0.15) is 0 Å². The molecule has 0 bridgehead atoms. The second kappa shape index (κ2) is 20.6. The third-order valence-electron chi connectivity index (χ3n) is 7.14. The summed E-state index contributed by atoms with van der Waals surface area (Å²) < 4.78 is 52.5. The molecule has 2 amide bonds. The van der Waals surface area contributed by atoms with E-state index < -0.39 is 35.1 Å². The molecule has 260 valence electrons. The summed E-state index contributed by atoms with van der Waals surface area (Å²) >= 11 is 0. The van der Waals surface area contributed by atoms with Crippen molar-refractivity contribution in [3.05, 3.63) is 189 Å². The fourth-order valence-corrected chi connectivity index (χ4v) is 5.17. The van der Waals surface area contributed by atoms with Gasteiger partial charge in [-0.05, 0) is 75.2 Å². The Morgan fingerprint density at radius 1 is 0.529 bits per heavy atom. The number of halogens is 4. The van der Waals surface area contributed by atoms with Crippen molar-refractivity contribution in [3.8, 4) is 0 Å². The zero-order chi connectivity index (χ0) is 36.8. The van der Waals surface area contributed by atoms with Crippen LogP contribution in [0.2, 0.25) is 0 Å². The van der Waals surface area contributed by atoms with E-state index in [0.717, 1.165) is 45.5 Å². The summed E-state index contributed by atoms with van der Waals surface area (Å²) in [5.74, 6) is -4.27. The van der Waals surface area contributed by atoms with Gasteiger partial charge in [0.2, 0.25) is 11.8 Å². The van der Waals surface area contributed by atoms with E-state index in [4.69, 9.17) is 0 Å². The Kier molecular flexibility index (Phi) is 17.0. The second-order valence-corrected chi connectivity index (χ2v) is 11.4. The van der Waals surface area contributed by atoms with Crippen LogP contribution in [0.5, 0.6) is 0 Å². The van der Waals surface area contributed by atoms with Gasteiger partial charge >= 0.3 is 21.7 Å². The summed E-state index contributed by atoms with van der Waals surface area (Å²) in [5, 5.41) is 4.89. The van der Waals surface area contributed by atoms with E-state index in [9.17, 15) is 27.2 Å². The van der Waals surface area contributed by atoms with Gasteiger partial charge in [-0.15, -0.1) is 36.4 Å². The average molecular weight is 727 g/mol. The number of benzene rings is 4. The molecule has 0 spiro atoms. The summed E-state index contributed by atoms with van der Waals surface area (Å²) in [5.41, 5.74) is 6.18. The molecule has 0 saturated carbocycles. The van der Waals surface area contributed by atoms with Crippen LogP contribution in [-0.2, 0) is 21.7 Å². The molecule has 6 aromatic rings. The number of carbonyl (C=O) groups is 2. The first-order valence-corrected chi connectivity index (χ1v) is 15.6. The van der Waals surface area contributed by atoms with Crippen LogP contribution < -0.4 is 10.6 Å². The van der Waals surface area contributed by atoms with Crippen LogP contribution in [0.25, 0.3) is 0 Å². The Morgan fingerprint density at radius 3 is 1.06 bits per heavy atom. The molecule has 4 nitrogen and oxygen atoms in total. The van der Waals surface area contributed by atoms with Crippen LogP contribution in [0.3, 0.4) is 0 Å². The summed E-state index contributed by atoms with van der Waals surface area (Å²) in [6.07, 6.45) is 0. The van der Waals surface area contributed by atoms with E-state index in [0.29, 0.717) is 11.1 Å². The first-order chi connectivity index (χ1) is 23.8. The molecule has 6 rings (SSSR count). The largest absolute Gasteiger partial charge is 4.00 e. The first-order valence-electron chi connectivity index (χ1n) is 15.6. The van der Waals surface area contributed by atoms with E-state index in [1.54, 1.807) is 0 Å². The third kappa shape index (κ3) is 13.3. The van der Waals surface area contributed by atoms with Crippen molar-refractivity contribution in [2.45, 2.75) is 41.5 Å². The van der Waals surface area contributed by atoms with Gasteiger partial charge in [0, 0.05) is 34.4 Å². The predicted molar refractivity (Wildman–Crippen MR) is 192 cm³/mol. The molecule has 0 heterocycles. The monoisotopic (exact) mass is 726 g/mol. The van der Waals surface area contributed by atoms with Gasteiger partial charge in [-0.3, -0.25) is 9.59 Å². The van der Waals surface area contributed by atoms with E-state index in [1.807, 2.05) is 139 Å². The number of rotatable bonds is 4. The van der Waals surface area contributed by atoms with Crippen molar-refractivity contribution in [2.24, 2.45) is 0 Å². The van der Waals surface area contributed by atoms with E-state index >= 15 is 0 Å². The van der Waals surface area contributed by atoms with Gasteiger partial charge in [-0.2, -0.15) is 36.4 Å². The minimum absolute atomic E-state index is 0. The maximum atomic E-state index is 13.5. The molecule has 9 heteroatoms. The summed E-state index contributed by atoms with van der Waals surface area (Å²) in [6.45, 7) is 11.2. The summed E-state index contributed by atoms with van der Waals surface area (Å²) in [7, 11) is 0. The maximum Gasteiger partial charge on any atom is 4.00 e. The summed E-state index contributed by atoms with van der Waals surface area (Å²) in [6, 6.07) is 35.8. The van der Waals surface area contributed by atoms with Gasteiger partial charge in [0.15, 0.2) is 0 Å². The first kappa shape index (κ1) is 42.1. The van der Waals surface area contributed by atoms with Gasteiger partial charge in [-0.1, -0.05) is 35.4 Å². The molecule has 0 aliphatic heterocycles. The van der Waals surface area contributed by atoms with Crippen molar-refractivity contribution in [1.82, 2.24) is 0 Å². The van der Waals surface area contributed by atoms with E-state index in [-0.39, 0.29) is 33.1 Å². The Morgan fingerprint density at radius 2 is 0.824 bits per heavy atom. The quantitative estimate of drug-likeness (QED) is 0.108. The predicted octanol–water partition coefficient (Wildman–Crippen LogP) is 10.7. The molecule has 0 atom stereocenters. The Balaban J connectivity index is 0.000000273. The van der Waals surface area contributed by atoms with E-state index in [1.165, 1.54) is 12.1 Å². The van der Waals surface area contributed by atoms with Crippen LogP contribution in [0.4, 0.5) is 28.9 Å². The molecule has 0 fully saturated rings. The molecule has 0 aromatic heterocycles. The molecule has 0 saturated heterocycles. The van der Waals surface area contributed by atoms with Gasteiger partial charge < -0.3 is 10.6 Å². The Hall–Kier alpha value is -5.05. The minimum Gasteiger partial charge on any atom is -0.373 e. The number of amides is 2. The number of hydrogen-bond donors (Lipinski definition) is 2. The van der Waals surface area contributed by atoms with Gasteiger partial charge in [0.25, 0.3) is 0 Å². The van der Waals surface area contributed by atoms with Crippen molar-refractivity contribution in [1.29, 1.82) is 0 Å². The third-order valence-corrected chi connectivity index (χ3v) is 7.14. The fourth-order valence-electron chi connectivity index (χ4n) is 5.17. The second-order valence-electron chi connectivity index (χ2n) is 11.4. The normalized spacial score (nSPS) is 9.76. The van der Waals surface area contributed by atoms with Gasteiger partial charge in [0.05, 0.1) is 0 Å². The molecule has 2 N–H and O–H groups in total. The van der Waals surface area contributed by atoms with Crippen molar-refractivity contribution in [2.75, 3.05) is 10.6 Å². The van der Waals surface area contributed by atoms with Gasteiger partial charge in [-0.25, -0.2) is 41.8 Å². The molecule has 51 heavy (non-hydrogen) atoms. The van der Waals surface area contributed by atoms with Crippen LogP contribution in [0.1, 0.15) is 54.1 Å². The average Bonchev–Trinajstić information content (AvgIpc) is 3.80. The van der Waals surface area contributed by atoms with Crippen molar-refractivity contribution < 1.29 is 48.9 Å². The van der Waals surface area contributed by atoms with Crippen LogP contribution in [-0.4, -0.2) is 11.8 Å². The fraction of sp³-hybridized carbons (Fsp3) is 0.143. The SMILES string of the molecule is Cc1cc(C)c(C(=O)Nc2ccc(F)[c-]c2F)c(C)c1.Cc1cc(C)c(C(=O)Nc2ccc(F)[c-]c2F)c(C)c1.[Ti+4].c1cc[cH-]c1.c1cc[cH-]c1. The molecule has 0 radical (unpaired) electrons. The zero-order valence-corrected chi connectivity index (χ0v) is 30.8. The minimum atomic E-state index is -0.916. The maximum absolute atomic E-state index is 13.5. The number of hydrogen-bond acceptors (Lipinski definition) is 2. The van der Waals surface area contributed by atoms with E-state index in [2.05, 4.69) is 10.6 Å². The number of aryl methyl sites for hydroxylation is 6. The van der Waals surface area contributed by atoms with Crippen molar-refractivity contribution in [3.63, 3.8) is 0 Å². The van der Waals surface area contributed by atoms with Crippen molar-refractivity contribution >= 4 is 23.2 Å². The number of anilines is 2. The van der Waals surface area contributed by atoms with Crippen LogP contribution >= 0.6 is 0 Å². The van der Waals surface area contributed by atoms with Crippen LogP contribution in [0.15, 0.2) is 109 Å². The number of carbonyl (C=O) groups excluding carboxylic acids is 2. The topological polar surface area (TPSA) is 58.2 Å². The standard InChI is InChI=1S/2C16H14F2NO.2C5H5.Ti/c2*1-9-6-10(2)15(11(3)7-9)16(20)19-14-5-4-12(17)8-13(14)18;2*1-2-4-5-3-1;/h2*4-7H,1-3H3,(H,19,20);2*1-5H;/q4*-1;+4. The van der Waals surface area contributed by atoms with Crippen LogP contribution in [0, 0.1) is 76.9 Å². The molecular weight excluding hydrogens is 688 g/mol. The Labute approximate surface area is 312 Å². The smallest absolute Gasteiger partial charge is 0.373 e.